The first kappa shape index (κ1) is 12.0. The fourth-order valence-corrected chi connectivity index (χ4v) is 2.52. The van der Waals surface area contributed by atoms with Crippen LogP contribution in [0, 0.1) is 0 Å². The van der Waals surface area contributed by atoms with Gasteiger partial charge in [-0.2, -0.15) is 0 Å². The third-order valence-electron chi connectivity index (χ3n) is 2.17. The molecule has 0 saturated carbocycles. The van der Waals surface area contributed by atoms with Crippen molar-refractivity contribution < 1.29 is 9.90 Å². The Hall–Kier alpha value is -1.03. The molecule has 0 aromatic carbocycles. The predicted octanol–water partition coefficient (Wildman–Crippen LogP) is 2.82. The molecule has 3 nitrogen and oxygen atoms in total. The van der Waals surface area contributed by atoms with Gasteiger partial charge in [0.25, 0.3) is 0 Å². The lowest BCUT2D eigenvalue weighted by molar-refractivity contribution is -0.139. The van der Waals surface area contributed by atoms with Crippen LogP contribution < -0.4 is 0 Å². The SMILES string of the molecule is CCCC(C)(Sc1ccncc1)C(=O)O. The van der Waals surface area contributed by atoms with E-state index in [1.165, 1.54) is 11.8 Å². The van der Waals surface area contributed by atoms with Crippen LogP contribution in [0.5, 0.6) is 0 Å². The van der Waals surface area contributed by atoms with Crippen molar-refractivity contribution in [2.75, 3.05) is 0 Å². The third kappa shape index (κ3) is 3.23. The van der Waals surface area contributed by atoms with Gasteiger partial charge in [-0.05, 0) is 25.5 Å². The number of aromatic nitrogens is 1. The Bertz CT molecular complexity index is 329. The number of nitrogens with zero attached hydrogens (tertiary/aromatic N) is 1. The van der Waals surface area contributed by atoms with Crippen LogP contribution >= 0.6 is 11.8 Å². The Balaban J connectivity index is 2.80. The van der Waals surface area contributed by atoms with Crippen molar-refractivity contribution in [3.63, 3.8) is 0 Å². The molecule has 82 valence electrons. The molecule has 1 rings (SSSR count). The molecular weight excluding hydrogens is 210 g/mol. The van der Waals surface area contributed by atoms with Crippen molar-refractivity contribution in [2.24, 2.45) is 0 Å². The second-order valence-electron chi connectivity index (χ2n) is 3.57. The minimum atomic E-state index is -0.758. The van der Waals surface area contributed by atoms with Crippen LogP contribution in [0.15, 0.2) is 29.4 Å². The average Bonchev–Trinajstić information content (AvgIpc) is 2.19. The second-order valence-corrected chi connectivity index (χ2v) is 5.15. The molecule has 0 aliphatic heterocycles. The number of hydrogen-bond acceptors (Lipinski definition) is 3. The average molecular weight is 225 g/mol. The van der Waals surface area contributed by atoms with E-state index in [1.54, 1.807) is 19.3 Å². The van der Waals surface area contributed by atoms with Gasteiger partial charge in [-0.3, -0.25) is 9.78 Å². The van der Waals surface area contributed by atoms with Crippen LogP contribution in [0.1, 0.15) is 26.7 Å². The number of aliphatic carboxylic acids is 1. The molecule has 0 spiro atoms. The summed E-state index contributed by atoms with van der Waals surface area (Å²) in [5.74, 6) is -0.758. The van der Waals surface area contributed by atoms with E-state index in [0.29, 0.717) is 6.42 Å². The zero-order chi connectivity index (χ0) is 11.3. The highest BCUT2D eigenvalue weighted by atomic mass is 32.2. The molecule has 0 fully saturated rings. The molecule has 1 aromatic rings. The molecule has 4 heteroatoms. The number of thioether (sulfide) groups is 1. The Labute approximate surface area is 93.9 Å². The van der Waals surface area contributed by atoms with Gasteiger partial charge in [0.05, 0.1) is 0 Å². The van der Waals surface area contributed by atoms with Crippen molar-refractivity contribution in [1.29, 1.82) is 0 Å². The highest BCUT2D eigenvalue weighted by molar-refractivity contribution is 8.01. The summed E-state index contributed by atoms with van der Waals surface area (Å²) in [6, 6.07) is 3.67. The van der Waals surface area contributed by atoms with E-state index in [0.717, 1.165) is 11.3 Å². The fourth-order valence-electron chi connectivity index (χ4n) is 1.35. The summed E-state index contributed by atoms with van der Waals surface area (Å²) in [5.41, 5.74) is 0. The maximum Gasteiger partial charge on any atom is 0.319 e. The first-order valence-electron chi connectivity index (χ1n) is 4.91. The number of pyridine rings is 1. The number of hydrogen-bond donors (Lipinski definition) is 1. The Morgan fingerprint density at radius 1 is 1.53 bits per heavy atom. The van der Waals surface area contributed by atoms with Gasteiger partial charge >= 0.3 is 5.97 Å². The maximum atomic E-state index is 11.2. The van der Waals surface area contributed by atoms with Crippen molar-refractivity contribution in [1.82, 2.24) is 4.98 Å². The van der Waals surface area contributed by atoms with E-state index in [2.05, 4.69) is 4.98 Å². The van der Waals surface area contributed by atoms with Gasteiger partial charge in [0, 0.05) is 17.3 Å². The molecule has 15 heavy (non-hydrogen) atoms. The smallest absolute Gasteiger partial charge is 0.319 e. The van der Waals surface area contributed by atoms with Gasteiger partial charge in [0.2, 0.25) is 0 Å². The van der Waals surface area contributed by atoms with Gasteiger partial charge < -0.3 is 5.11 Å². The fraction of sp³-hybridized carbons (Fsp3) is 0.455. The second kappa shape index (κ2) is 5.16. The van der Waals surface area contributed by atoms with Crippen molar-refractivity contribution in [3.8, 4) is 0 Å². The van der Waals surface area contributed by atoms with E-state index in [4.69, 9.17) is 0 Å². The lowest BCUT2D eigenvalue weighted by atomic mass is 10.1. The maximum absolute atomic E-state index is 11.2. The number of carbonyl (C=O) groups is 1. The minimum Gasteiger partial charge on any atom is -0.480 e. The molecule has 0 amide bonds. The molecule has 1 atom stereocenters. The van der Waals surface area contributed by atoms with Gasteiger partial charge in [-0.25, -0.2) is 0 Å². The van der Waals surface area contributed by atoms with E-state index in [-0.39, 0.29) is 0 Å². The highest BCUT2D eigenvalue weighted by Crippen LogP contribution is 2.36. The number of rotatable bonds is 5. The zero-order valence-corrected chi connectivity index (χ0v) is 9.75. The number of carboxylic acid groups (broad SMARTS) is 1. The molecule has 1 unspecified atom stereocenters. The van der Waals surface area contributed by atoms with Crippen molar-refractivity contribution >= 4 is 17.7 Å². The molecule has 0 radical (unpaired) electrons. The van der Waals surface area contributed by atoms with Crippen LogP contribution in [-0.2, 0) is 4.79 Å². The molecule has 0 aliphatic rings. The largest absolute Gasteiger partial charge is 0.480 e. The molecule has 1 aromatic heterocycles. The van der Waals surface area contributed by atoms with Crippen LogP contribution in [0.2, 0.25) is 0 Å². The summed E-state index contributed by atoms with van der Waals surface area (Å²) < 4.78 is -0.740. The highest BCUT2D eigenvalue weighted by Gasteiger charge is 2.33. The first-order valence-corrected chi connectivity index (χ1v) is 5.72. The van der Waals surface area contributed by atoms with E-state index < -0.39 is 10.7 Å². The minimum absolute atomic E-state index is 0.662. The summed E-state index contributed by atoms with van der Waals surface area (Å²) in [6.45, 7) is 3.76. The topological polar surface area (TPSA) is 50.2 Å². The quantitative estimate of drug-likeness (QED) is 0.783. The molecule has 0 saturated heterocycles. The monoisotopic (exact) mass is 225 g/mol. The lowest BCUT2D eigenvalue weighted by Crippen LogP contribution is -2.30. The Kier molecular flexibility index (Phi) is 4.15. The summed E-state index contributed by atoms with van der Waals surface area (Å²) >= 11 is 1.38. The normalized spacial score (nSPS) is 14.5. The first-order chi connectivity index (χ1) is 7.08. The summed E-state index contributed by atoms with van der Waals surface area (Å²) in [4.78, 5) is 16.0. The van der Waals surface area contributed by atoms with Crippen molar-refractivity contribution in [2.45, 2.75) is 36.3 Å². The Morgan fingerprint density at radius 3 is 2.60 bits per heavy atom. The molecule has 1 heterocycles. The summed E-state index contributed by atoms with van der Waals surface area (Å²) in [7, 11) is 0. The van der Waals surface area contributed by atoms with Crippen molar-refractivity contribution in [3.05, 3.63) is 24.5 Å². The molecule has 0 bridgehead atoms. The van der Waals surface area contributed by atoms with Gasteiger partial charge in [-0.1, -0.05) is 13.3 Å². The standard InChI is InChI=1S/C11H15NO2S/c1-3-6-11(2,10(13)14)15-9-4-7-12-8-5-9/h4-5,7-8H,3,6H2,1-2H3,(H,13,14). The number of carboxylic acids is 1. The van der Waals surface area contributed by atoms with E-state index in [1.807, 2.05) is 19.1 Å². The zero-order valence-electron chi connectivity index (χ0n) is 8.93. The lowest BCUT2D eigenvalue weighted by Gasteiger charge is -2.23. The van der Waals surface area contributed by atoms with Gasteiger partial charge in [0.1, 0.15) is 4.75 Å². The van der Waals surface area contributed by atoms with Gasteiger partial charge in [0.15, 0.2) is 0 Å². The van der Waals surface area contributed by atoms with Gasteiger partial charge in [-0.15, -0.1) is 11.8 Å². The molecular formula is C11H15NO2S. The van der Waals surface area contributed by atoms with E-state index >= 15 is 0 Å². The predicted molar refractivity (Wildman–Crippen MR) is 61.0 cm³/mol. The molecule has 1 N–H and O–H groups in total. The Morgan fingerprint density at radius 2 is 2.13 bits per heavy atom. The van der Waals surface area contributed by atoms with Crippen LogP contribution in [0.3, 0.4) is 0 Å². The van der Waals surface area contributed by atoms with E-state index in [9.17, 15) is 9.90 Å². The summed E-state index contributed by atoms with van der Waals surface area (Å²) in [6.07, 6.45) is 4.88. The van der Waals surface area contributed by atoms with Crippen LogP contribution in [-0.4, -0.2) is 20.8 Å². The van der Waals surface area contributed by atoms with Crippen LogP contribution in [0.25, 0.3) is 0 Å². The molecule has 0 aliphatic carbocycles. The summed E-state index contributed by atoms with van der Waals surface area (Å²) in [5, 5.41) is 9.19. The van der Waals surface area contributed by atoms with Crippen LogP contribution in [0.4, 0.5) is 0 Å². The third-order valence-corrected chi connectivity index (χ3v) is 3.51.